The first-order valence-electron chi connectivity index (χ1n) is 5.15. The van der Waals surface area contributed by atoms with E-state index in [0.717, 1.165) is 25.9 Å². The lowest BCUT2D eigenvalue weighted by Crippen LogP contribution is -2.36. The lowest BCUT2D eigenvalue weighted by Gasteiger charge is -2.21. The maximum absolute atomic E-state index is 11.9. The van der Waals surface area contributed by atoms with Crippen LogP contribution in [0.5, 0.6) is 0 Å². The Bertz CT molecular complexity index is 195. The average Bonchev–Trinajstić information content (AvgIpc) is 2.67. The number of carbonyl (C=O) groups is 1. The number of likely N-dealkylation sites (tertiary alicyclic amines) is 1. The molecule has 1 amide bonds. The van der Waals surface area contributed by atoms with Crippen molar-refractivity contribution in [3.63, 3.8) is 0 Å². The fourth-order valence-electron chi connectivity index (χ4n) is 1.83. The first kappa shape index (κ1) is 11.9. The highest BCUT2D eigenvalue weighted by atomic mass is 32.2. The van der Waals surface area contributed by atoms with E-state index in [-0.39, 0.29) is 17.8 Å². The van der Waals surface area contributed by atoms with Gasteiger partial charge >= 0.3 is 0 Å². The Morgan fingerprint density at radius 2 is 2.43 bits per heavy atom. The summed E-state index contributed by atoms with van der Waals surface area (Å²) in [6.45, 7) is 3.81. The number of amides is 1. The second-order valence-electron chi connectivity index (χ2n) is 3.75. The zero-order valence-electron chi connectivity index (χ0n) is 8.90. The lowest BCUT2D eigenvalue weighted by molar-refractivity contribution is -0.129. The molecule has 1 aliphatic heterocycles. The van der Waals surface area contributed by atoms with Crippen molar-refractivity contribution in [2.24, 2.45) is 5.92 Å². The van der Waals surface area contributed by atoms with Gasteiger partial charge in [-0.2, -0.15) is 11.8 Å². The van der Waals surface area contributed by atoms with Crippen molar-refractivity contribution in [2.45, 2.75) is 25.0 Å². The van der Waals surface area contributed by atoms with Gasteiger partial charge in [0.2, 0.25) is 5.91 Å². The molecule has 4 heteroatoms. The van der Waals surface area contributed by atoms with Crippen LogP contribution in [0.1, 0.15) is 19.8 Å². The third kappa shape index (κ3) is 2.64. The van der Waals surface area contributed by atoms with Gasteiger partial charge < -0.3 is 10.0 Å². The van der Waals surface area contributed by atoms with Gasteiger partial charge in [0.25, 0.3) is 0 Å². The molecule has 3 nitrogen and oxygen atoms in total. The standard InChI is InChI=1S/C10H19NO2S/c1-3-9(14-2)10(13)11-5-4-8(6-11)7-12/h8-9,12H,3-7H2,1-2H3/t8-,9+/m0/s1. The van der Waals surface area contributed by atoms with Crippen molar-refractivity contribution >= 4 is 17.7 Å². The monoisotopic (exact) mass is 217 g/mol. The zero-order valence-corrected chi connectivity index (χ0v) is 9.72. The number of hydrogen-bond acceptors (Lipinski definition) is 3. The predicted octanol–water partition coefficient (Wildman–Crippen LogP) is 0.969. The van der Waals surface area contributed by atoms with Gasteiger partial charge in [0.1, 0.15) is 0 Å². The summed E-state index contributed by atoms with van der Waals surface area (Å²) in [5, 5.41) is 9.08. The Hall–Kier alpha value is -0.220. The van der Waals surface area contributed by atoms with Crippen LogP contribution in [0.3, 0.4) is 0 Å². The number of nitrogens with zero attached hydrogens (tertiary/aromatic N) is 1. The quantitative estimate of drug-likeness (QED) is 0.763. The molecule has 0 saturated carbocycles. The van der Waals surface area contributed by atoms with Crippen LogP contribution in [0.4, 0.5) is 0 Å². The number of aliphatic hydroxyl groups excluding tert-OH is 1. The van der Waals surface area contributed by atoms with Gasteiger partial charge in [0, 0.05) is 25.6 Å². The van der Waals surface area contributed by atoms with Gasteiger partial charge in [-0.1, -0.05) is 6.92 Å². The number of carbonyl (C=O) groups excluding carboxylic acids is 1. The summed E-state index contributed by atoms with van der Waals surface area (Å²) in [6.07, 6.45) is 3.82. The SMILES string of the molecule is CC[C@@H](SC)C(=O)N1CC[C@H](CO)C1. The highest BCUT2D eigenvalue weighted by Crippen LogP contribution is 2.20. The van der Waals surface area contributed by atoms with E-state index < -0.39 is 0 Å². The predicted molar refractivity (Wildman–Crippen MR) is 59.4 cm³/mol. The van der Waals surface area contributed by atoms with Crippen LogP contribution in [0.25, 0.3) is 0 Å². The molecular weight excluding hydrogens is 198 g/mol. The fraction of sp³-hybridized carbons (Fsp3) is 0.900. The minimum atomic E-state index is 0.104. The molecular formula is C10H19NO2S. The lowest BCUT2D eigenvalue weighted by atomic mass is 10.1. The van der Waals surface area contributed by atoms with E-state index >= 15 is 0 Å². The Morgan fingerprint density at radius 1 is 1.71 bits per heavy atom. The van der Waals surface area contributed by atoms with E-state index in [2.05, 4.69) is 0 Å². The molecule has 1 aliphatic rings. The summed E-state index contributed by atoms with van der Waals surface area (Å²) in [5.41, 5.74) is 0. The molecule has 0 spiro atoms. The molecule has 0 aliphatic carbocycles. The van der Waals surface area contributed by atoms with E-state index in [0.29, 0.717) is 5.92 Å². The van der Waals surface area contributed by atoms with Crippen molar-refractivity contribution in [3.05, 3.63) is 0 Å². The average molecular weight is 217 g/mol. The molecule has 0 radical (unpaired) electrons. The first-order chi connectivity index (χ1) is 6.72. The summed E-state index contributed by atoms with van der Waals surface area (Å²) in [5.74, 6) is 0.550. The second kappa shape index (κ2) is 5.61. The highest BCUT2D eigenvalue weighted by Gasteiger charge is 2.29. The fourth-order valence-corrected chi connectivity index (χ4v) is 2.51. The molecule has 0 aromatic heterocycles. The van der Waals surface area contributed by atoms with E-state index in [1.807, 2.05) is 18.1 Å². The summed E-state index contributed by atoms with van der Waals surface area (Å²) in [7, 11) is 0. The van der Waals surface area contributed by atoms with E-state index in [4.69, 9.17) is 5.11 Å². The largest absolute Gasteiger partial charge is 0.396 e. The number of rotatable bonds is 4. The second-order valence-corrected chi connectivity index (χ2v) is 4.79. The smallest absolute Gasteiger partial charge is 0.235 e. The molecule has 1 N–H and O–H groups in total. The van der Waals surface area contributed by atoms with Crippen LogP contribution in [0, 0.1) is 5.92 Å². The normalized spacial score (nSPS) is 23.9. The Kier molecular flexibility index (Phi) is 4.75. The van der Waals surface area contributed by atoms with Crippen molar-refractivity contribution in [1.82, 2.24) is 4.90 Å². The van der Waals surface area contributed by atoms with Crippen LogP contribution in [0.2, 0.25) is 0 Å². The molecule has 0 aromatic carbocycles. The van der Waals surface area contributed by atoms with E-state index in [1.54, 1.807) is 11.8 Å². The van der Waals surface area contributed by atoms with Crippen LogP contribution in [0.15, 0.2) is 0 Å². The molecule has 0 bridgehead atoms. The Morgan fingerprint density at radius 3 is 2.86 bits per heavy atom. The van der Waals surface area contributed by atoms with Gasteiger partial charge in [0.15, 0.2) is 0 Å². The third-order valence-electron chi connectivity index (χ3n) is 2.79. The number of aliphatic hydroxyl groups is 1. The zero-order chi connectivity index (χ0) is 10.6. The first-order valence-corrected chi connectivity index (χ1v) is 6.44. The molecule has 1 heterocycles. The van der Waals surface area contributed by atoms with Crippen molar-refractivity contribution in [2.75, 3.05) is 26.0 Å². The minimum absolute atomic E-state index is 0.104. The molecule has 14 heavy (non-hydrogen) atoms. The van der Waals surface area contributed by atoms with E-state index in [1.165, 1.54) is 0 Å². The van der Waals surface area contributed by atoms with Crippen LogP contribution >= 0.6 is 11.8 Å². The van der Waals surface area contributed by atoms with Gasteiger partial charge in [0.05, 0.1) is 5.25 Å². The van der Waals surface area contributed by atoms with Crippen molar-refractivity contribution < 1.29 is 9.90 Å². The van der Waals surface area contributed by atoms with Crippen LogP contribution < -0.4 is 0 Å². The molecule has 82 valence electrons. The van der Waals surface area contributed by atoms with Gasteiger partial charge in [-0.25, -0.2) is 0 Å². The van der Waals surface area contributed by atoms with Crippen molar-refractivity contribution in [1.29, 1.82) is 0 Å². The molecule has 0 unspecified atom stereocenters. The van der Waals surface area contributed by atoms with Gasteiger partial charge in [-0.3, -0.25) is 4.79 Å². The summed E-state index contributed by atoms with van der Waals surface area (Å²) in [4.78, 5) is 13.8. The van der Waals surface area contributed by atoms with E-state index in [9.17, 15) is 4.79 Å². The maximum atomic E-state index is 11.9. The van der Waals surface area contributed by atoms with Gasteiger partial charge in [-0.05, 0) is 19.1 Å². The molecule has 1 fully saturated rings. The van der Waals surface area contributed by atoms with Gasteiger partial charge in [-0.15, -0.1) is 0 Å². The Balaban J connectivity index is 2.45. The molecule has 1 rings (SSSR count). The van der Waals surface area contributed by atoms with Crippen LogP contribution in [-0.4, -0.2) is 47.1 Å². The molecule has 1 saturated heterocycles. The number of hydrogen-bond donors (Lipinski definition) is 1. The summed E-state index contributed by atoms with van der Waals surface area (Å²) >= 11 is 1.62. The topological polar surface area (TPSA) is 40.5 Å². The maximum Gasteiger partial charge on any atom is 0.235 e. The third-order valence-corrected chi connectivity index (χ3v) is 3.89. The highest BCUT2D eigenvalue weighted by molar-refractivity contribution is 7.99. The van der Waals surface area contributed by atoms with Crippen LogP contribution in [-0.2, 0) is 4.79 Å². The number of thioether (sulfide) groups is 1. The Labute approximate surface area is 89.9 Å². The summed E-state index contributed by atoms with van der Waals surface area (Å²) in [6, 6.07) is 0. The molecule has 2 atom stereocenters. The minimum Gasteiger partial charge on any atom is -0.396 e. The summed E-state index contributed by atoms with van der Waals surface area (Å²) < 4.78 is 0. The molecule has 0 aromatic rings. The van der Waals surface area contributed by atoms with Crippen molar-refractivity contribution in [3.8, 4) is 0 Å².